The van der Waals surface area contributed by atoms with Crippen molar-refractivity contribution in [3.63, 3.8) is 0 Å². The first-order valence-electron chi connectivity index (χ1n) is 4.13. The molecule has 1 rings (SSSR count). The van der Waals surface area contributed by atoms with Crippen molar-refractivity contribution >= 4 is 12.0 Å². The van der Waals surface area contributed by atoms with Crippen LogP contribution in [0.5, 0.6) is 0 Å². The number of anilines is 1. The van der Waals surface area contributed by atoms with Crippen LogP contribution in [0.15, 0.2) is 18.2 Å². The number of hydrogen-bond acceptors (Lipinski definition) is 2. The number of carbonyl (C=O) groups excluding carboxylic acids is 1. The molecule has 1 atom stereocenters. The van der Waals surface area contributed by atoms with Crippen LogP contribution in [0.1, 0.15) is 12.5 Å². The number of halogens is 1. The minimum atomic E-state index is -0.421. The lowest BCUT2D eigenvalue weighted by Crippen LogP contribution is -2.04. The highest BCUT2D eigenvalue weighted by atomic mass is 19.1. The SMILES string of the molecule is CC(C=O)Cc1cccc(F)c1N. The topological polar surface area (TPSA) is 43.1 Å². The summed E-state index contributed by atoms with van der Waals surface area (Å²) >= 11 is 0. The average Bonchev–Trinajstić information content (AvgIpc) is 2.13. The molecule has 0 bridgehead atoms. The van der Waals surface area contributed by atoms with Crippen LogP contribution in [-0.4, -0.2) is 6.29 Å². The quantitative estimate of drug-likeness (QED) is 0.570. The molecular weight excluding hydrogens is 169 g/mol. The van der Waals surface area contributed by atoms with Gasteiger partial charge in [0.2, 0.25) is 0 Å². The minimum Gasteiger partial charge on any atom is -0.396 e. The molecule has 2 nitrogen and oxygen atoms in total. The molecule has 1 aromatic rings. The molecule has 70 valence electrons. The molecule has 0 saturated carbocycles. The van der Waals surface area contributed by atoms with Gasteiger partial charge in [0, 0.05) is 5.92 Å². The number of aldehydes is 1. The molecule has 0 heterocycles. The summed E-state index contributed by atoms with van der Waals surface area (Å²) < 4.78 is 12.9. The van der Waals surface area contributed by atoms with Gasteiger partial charge in [-0.1, -0.05) is 19.1 Å². The molecule has 3 heteroatoms. The van der Waals surface area contributed by atoms with Crippen molar-refractivity contribution in [3.05, 3.63) is 29.6 Å². The summed E-state index contributed by atoms with van der Waals surface area (Å²) in [6, 6.07) is 4.64. The van der Waals surface area contributed by atoms with Gasteiger partial charge in [0.05, 0.1) is 5.69 Å². The Morgan fingerprint density at radius 2 is 2.31 bits per heavy atom. The van der Waals surface area contributed by atoms with Crippen molar-refractivity contribution in [2.45, 2.75) is 13.3 Å². The van der Waals surface area contributed by atoms with E-state index < -0.39 is 5.82 Å². The normalized spacial score (nSPS) is 12.5. The Hall–Kier alpha value is -1.38. The molecule has 0 aliphatic rings. The summed E-state index contributed by atoms with van der Waals surface area (Å²) in [7, 11) is 0. The zero-order valence-corrected chi connectivity index (χ0v) is 7.46. The Balaban J connectivity index is 2.88. The second-order valence-electron chi connectivity index (χ2n) is 3.13. The fourth-order valence-corrected chi connectivity index (χ4v) is 1.15. The molecular formula is C10H12FNO. The molecule has 0 aliphatic heterocycles. The van der Waals surface area contributed by atoms with E-state index >= 15 is 0 Å². The van der Waals surface area contributed by atoms with E-state index in [9.17, 15) is 9.18 Å². The maximum absolute atomic E-state index is 12.9. The Bertz CT molecular complexity index is 312. The lowest BCUT2D eigenvalue weighted by atomic mass is 10.0. The molecule has 0 aliphatic carbocycles. The predicted molar refractivity (Wildman–Crippen MR) is 49.7 cm³/mol. The van der Waals surface area contributed by atoms with Crippen molar-refractivity contribution in [3.8, 4) is 0 Å². The maximum Gasteiger partial charge on any atom is 0.146 e. The lowest BCUT2D eigenvalue weighted by molar-refractivity contribution is -0.110. The number of para-hydroxylation sites is 1. The molecule has 0 fully saturated rings. The van der Waals surface area contributed by atoms with Crippen molar-refractivity contribution < 1.29 is 9.18 Å². The lowest BCUT2D eigenvalue weighted by Gasteiger charge is -2.07. The highest BCUT2D eigenvalue weighted by molar-refractivity contribution is 5.56. The first kappa shape index (κ1) is 9.71. The Kier molecular flexibility index (Phi) is 3.01. The van der Waals surface area contributed by atoms with Crippen LogP contribution in [0.2, 0.25) is 0 Å². The monoisotopic (exact) mass is 181 g/mol. The van der Waals surface area contributed by atoms with Gasteiger partial charge in [-0.05, 0) is 18.1 Å². The van der Waals surface area contributed by atoms with Gasteiger partial charge < -0.3 is 10.5 Å². The summed E-state index contributed by atoms with van der Waals surface area (Å²) in [5.74, 6) is -0.542. The van der Waals surface area contributed by atoms with Gasteiger partial charge in [-0.3, -0.25) is 0 Å². The van der Waals surface area contributed by atoms with Crippen molar-refractivity contribution in [2.24, 2.45) is 5.92 Å². The van der Waals surface area contributed by atoms with Crippen molar-refractivity contribution in [1.29, 1.82) is 0 Å². The second kappa shape index (κ2) is 4.03. The van der Waals surface area contributed by atoms with Crippen LogP contribution in [0.25, 0.3) is 0 Å². The third-order valence-electron chi connectivity index (χ3n) is 1.92. The minimum absolute atomic E-state index is 0.121. The fraction of sp³-hybridized carbons (Fsp3) is 0.300. The molecule has 1 aromatic carbocycles. The molecule has 0 aromatic heterocycles. The van der Waals surface area contributed by atoms with E-state index in [-0.39, 0.29) is 11.6 Å². The van der Waals surface area contributed by atoms with Gasteiger partial charge in [-0.15, -0.1) is 0 Å². The number of benzene rings is 1. The number of carbonyl (C=O) groups is 1. The van der Waals surface area contributed by atoms with E-state index in [1.807, 2.05) is 0 Å². The molecule has 0 spiro atoms. The van der Waals surface area contributed by atoms with E-state index in [1.165, 1.54) is 6.07 Å². The number of nitrogens with two attached hydrogens (primary N) is 1. The first-order chi connectivity index (χ1) is 6.15. The van der Waals surface area contributed by atoms with E-state index in [0.29, 0.717) is 12.0 Å². The summed E-state index contributed by atoms with van der Waals surface area (Å²) in [5.41, 5.74) is 6.34. The van der Waals surface area contributed by atoms with Gasteiger partial charge in [0.1, 0.15) is 12.1 Å². The highest BCUT2D eigenvalue weighted by Crippen LogP contribution is 2.18. The first-order valence-corrected chi connectivity index (χ1v) is 4.13. The molecule has 2 N–H and O–H groups in total. The van der Waals surface area contributed by atoms with Gasteiger partial charge >= 0.3 is 0 Å². The smallest absolute Gasteiger partial charge is 0.146 e. The van der Waals surface area contributed by atoms with Gasteiger partial charge in [0.25, 0.3) is 0 Å². The van der Waals surface area contributed by atoms with Gasteiger partial charge in [-0.2, -0.15) is 0 Å². The van der Waals surface area contributed by atoms with Crippen LogP contribution < -0.4 is 5.73 Å². The highest BCUT2D eigenvalue weighted by Gasteiger charge is 2.07. The van der Waals surface area contributed by atoms with Gasteiger partial charge in [0.15, 0.2) is 0 Å². The molecule has 0 amide bonds. The standard InChI is InChI=1S/C10H12FNO/c1-7(6-13)5-8-3-2-4-9(11)10(8)12/h2-4,6-7H,5,12H2,1H3. The molecule has 1 unspecified atom stereocenters. The van der Waals surface area contributed by atoms with Crippen LogP contribution in [0.3, 0.4) is 0 Å². The molecule has 0 saturated heterocycles. The third kappa shape index (κ3) is 2.28. The van der Waals surface area contributed by atoms with E-state index in [4.69, 9.17) is 5.73 Å². The van der Waals surface area contributed by atoms with Crippen LogP contribution >= 0.6 is 0 Å². The Morgan fingerprint density at radius 1 is 1.62 bits per heavy atom. The summed E-state index contributed by atoms with van der Waals surface area (Å²) in [5, 5.41) is 0. The second-order valence-corrected chi connectivity index (χ2v) is 3.13. The number of rotatable bonds is 3. The van der Waals surface area contributed by atoms with Crippen molar-refractivity contribution in [2.75, 3.05) is 5.73 Å². The van der Waals surface area contributed by atoms with Crippen LogP contribution in [-0.2, 0) is 11.2 Å². The Morgan fingerprint density at radius 3 is 2.92 bits per heavy atom. The zero-order chi connectivity index (χ0) is 9.84. The van der Waals surface area contributed by atoms with Crippen LogP contribution in [0, 0.1) is 11.7 Å². The van der Waals surface area contributed by atoms with Crippen molar-refractivity contribution in [1.82, 2.24) is 0 Å². The summed E-state index contributed by atoms with van der Waals surface area (Å²) in [4.78, 5) is 10.4. The largest absolute Gasteiger partial charge is 0.396 e. The number of hydrogen-bond donors (Lipinski definition) is 1. The van der Waals surface area contributed by atoms with E-state index in [0.717, 1.165) is 6.29 Å². The molecule has 13 heavy (non-hydrogen) atoms. The maximum atomic E-state index is 12.9. The number of nitrogen functional groups attached to an aromatic ring is 1. The summed E-state index contributed by atoms with van der Waals surface area (Å²) in [6.07, 6.45) is 1.33. The van der Waals surface area contributed by atoms with E-state index in [1.54, 1.807) is 19.1 Å². The molecule has 0 radical (unpaired) electrons. The third-order valence-corrected chi connectivity index (χ3v) is 1.92. The predicted octanol–water partition coefficient (Wildman–Crippen LogP) is 1.79. The average molecular weight is 181 g/mol. The fourth-order valence-electron chi connectivity index (χ4n) is 1.15. The van der Waals surface area contributed by atoms with Gasteiger partial charge in [-0.25, -0.2) is 4.39 Å². The summed E-state index contributed by atoms with van der Waals surface area (Å²) in [6.45, 7) is 1.78. The zero-order valence-electron chi connectivity index (χ0n) is 7.46. The Labute approximate surface area is 76.6 Å². The van der Waals surface area contributed by atoms with E-state index in [2.05, 4.69) is 0 Å². The van der Waals surface area contributed by atoms with Crippen LogP contribution in [0.4, 0.5) is 10.1 Å².